The van der Waals surface area contributed by atoms with E-state index in [1.807, 2.05) is 47.4 Å². The number of nitrogens with zero attached hydrogens (tertiary/aromatic N) is 1. The summed E-state index contributed by atoms with van der Waals surface area (Å²) >= 11 is 0. The molecular weight excluding hydrogens is 444 g/mol. The van der Waals surface area contributed by atoms with Crippen molar-refractivity contribution in [2.24, 2.45) is 0 Å². The Morgan fingerprint density at radius 3 is 2.34 bits per heavy atom. The fourth-order valence-electron chi connectivity index (χ4n) is 3.74. The van der Waals surface area contributed by atoms with Crippen LogP contribution in [-0.4, -0.2) is 61.0 Å². The molecule has 0 aliphatic carbocycles. The predicted molar refractivity (Wildman–Crippen MR) is 138 cm³/mol. The largest absolute Gasteiger partial charge is 0.492 e. The summed E-state index contributed by atoms with van der Waals surface area (Å²) in [4.78, 5) is 25.9. The number of benzene rings is 2. The minimum Gasteiger partial charge on any atom is -0.492 e. The Bertz CT molecular complexity index is 857. The van der Waals surface area contributed by atoms with E-state index in [0.717, 1.165) is 31.2 Å². The van der Waals surface area contributed by atoms with Crippen molar-refractivity contribution in [1.82, 2.24) is 10.2 Å². The van der Waals surface area contributed by atoms with Gasteiger partial charge in [0.2, 0.25) is 0 Å². The number of hydrogen-bond donors (Lipinski definition) is 2. The van der Waals surface area contributed by atoms with E-state index in [0.29, 0.717) is 45.0 Å². The Kier molecular flexibility index (Phi) is 13.3. The molecule has 0 aliphatic rings. The van der Waals surface area contributed by atoms with Crippen molar-refractivity contribution in [3.05, 3.63) is 65.7 Å². The molecule has 2 aromatic rings. The number of carboxylic acid groups (broad SMARTS) is 1. The highest BCUT2D eigenvalue weighted by Crippen LogP contribution is 2.15. The molecule has 0 spiro atoms. The standard InChI is InChI=1S/C28H40N2O5/c1-3-5-6-10-19-30(28(33)29-18-17-23-11-8-7-9-12-23)20-21-35-25-15-13-24(14-16-25)22-26(27(31)32)34-4-2/h7-9,11-16,26H,3-6,10,17-22H2,1-2H3,(H,29,33)(H,31,32). The van der Waals surface area contributed by atoms with Crippen LogP contribution in [0.4, 0.5) is 4.79 Å². The number of carboxylic acids is 1. The number of rotatable bonds is 17. The maximum absolute atomic E-state index is 12.8. The van der Waals surface area contributed by atoms with Crippen molar-refractivity contribution in [3.8, 4) is 5.75 Å². The zero-order valence-corrected chi connectivity index (χ0v) is 21.1. The summed E-state index contributed by atoms with van der Waals surface area (Å²) in [7, 11) is 0. The average molecular weight is 485 g/mol. The highest BCUT2D eigenvalue weighted by atomic mass is 16.5. The molecule has 0 saturated heterocycles. The first-order chi connectivity index (χ1) is 17.0. The number of unbranched alkanes of at least 4 members (excludes halogenated alkanes) is 3. The molecule has 0 bridgehead atoms. The van der Waals surface area contributed by atoms with Crippen molar-refractivity contribution in [1.29, 1.82) is 0 Å². The van der Waals surface area contributed by atoms with Gasteiger partial charge in [-0.15, -0.1) is 0 Å². The monoisotopic (exact) mass is 484 g/mol. The van der Waals surface area contributed by atoms with Gasteiger partial charge in [-0.2, -0.15) is 0 Å². The van der Waals surface area contributed by atoms with E-state index in [-0.39, 0.29) is 6.03 Å². The van der Waals surface area contributed by atoms with Gasteiger partial charge < -0.3 is 24.8 Å². The third-order valence-electron chi connectivity index (χ3n) is 5.72. The summed E-state index contributed by atoms with van der Waals surface area (Å²) in [6.45, 7) is 6.48. The van der Waals surface area contributed by atoms with Crippen LogP contribution in [0, 0.1) is 0 Å². The molecule has 192 valence electrons. The molecule has 7 heteroatoms. The third-order valence-corrected chi connectivity index (χ3v) is 5.72. The van der Waals surface area contributed by atoms with Crippen LogP contribution in [0.15, 0.2) is 54.6 Å². The smallest absolute Gasteiger partial charge is 0.333 e. The first-order valence-electron chi connectivity index (χ1n) is 12.7. The lowest BCUT2D eigenvalue weighted by atomic mass is 10.1. The molecule has 1 atom stereocenters. The van der Waals surface area contributed by atoms with Gasteiger partial charge in [-0.3, -0.25) is 0 Å². The van der Waals surface area contributed by atoms with E-state index >= 15 is 0 Å². The third kappa shape index (κ3) is 11.3. The molecule has 0 radical (unpaired) electrons. The van der Waals surface area contributed by atoms with Gasteiger partial charge in [0, 0.05) is 26.1 Å². The summed E-state index contributed by atoms with van der Waals surface area (Å²) in [6.07, 6.45) is 4.64. The summed E-state index contributed by atoms with van der Waals surface area (Å²) < 4.78 is 11.2. The summed E-state index contributed by atoms with van der Waals surface area (Å²) in [5.41, 5.74) is 2.07. The molecule has 0 fully saturated rings. The second-order valence-electron chi connectivity index (χ2n) is 8.49. The molecule has 1 unspecified atom stereocenters. The van der Waals surface area contributed by atoms with Gasteiger partial charge in [-0.1, -0.05) is 68.7 Å². The maximum Gasteiger partial charge on any atom is 0.333 e. The molecule has 7 nitrogen and oxygen atoms in total. The van der Waals surface area contributed by atoms with Gasteiger partial charge in [-0.25, -0.2) is 9.59 Å². The molecular formula is C28H40N2O5. The second-order valence-corrected chi connectivity index (χ2v) is 8.49. The van der Waals surface area contributed by atoms with Crippen molar-refractivity contribution < 1.29 is 24.2 Å². The van der Waals surface area contributed by atoms with Crippen LogP contribution < -0.4 is 10.1 Å². The second kappa shape index (κ2) is 16.5. The molecule has 2 rings (SSSR count). The van der Waals surface area contributed by atoms with Crippen molar-refractivity contribution in [2.45, 2.75) is 58.5 Å². The van der Waals surface area contributed by atoms with Crippen LogP contribution in [0.3, 0.4) is 0 Å². The van der Waals surface area contributed by atoms with Gasteiger partial charge in [0.15, 0.2) is 6.10 Å². The first kappa shape index (κ1) is 28.2. The van der Waals surface area contributed by atoms with Crippen molar-refractivity contribution >= 4 is 12.0 Å². The van der Waals surface area contributed by atoms with E-state index < -0.39 is 12.1 Å². The van der Waals surface area contributed by atoms with E-state index in [1.54, 1.807) is 6.92 Å². The molecule has 0 aliphatic heterocycles. The Hall–Kier alpha value is -3.06. The van der Waals surface area contributed by atoms with Gasteiger partial charge in [0.1, 0.15) is 12.4 Å². The summed E-state index contributed by atoms with van der Waals surface area (Å²) in [5.74, 6) is -0.277. The Labute approximate surface area is 209 Å². The van der Waals surface area contributed by atoms with Crippen LogP contribution in [0.1, 0.15) is 50.7 Å². The molecule has 2 N–H and O–H groups in total. The van der Waals surface area contributed by atoms with E-state index in [4.69, 9.17) is 9.47 Å². The Morgan fingerprint density at radius 1 is 0.943 bits per heavy atom. The van der Waals surface area contributed by atoms with E-state index in [9.17, 15) is 14.7 Å². The van der Waals surface area contributed by atoms with Crippen molar-refractivity contribution in [3.63, 3.8) is 0 Å². The van der Waals surface area contributed by atoms with Crippen molar-refractivity contribution in [2.75, 3.05) is 32.8 Å². The van der Waals surface area contributed by atoms with Gasteiger partial charge in [0.25, 0.3) is 0 Å². The van der Waals surface area contributed by atoms with Gasteiger partial charge >= 0.3 is 12.0 Å². The van der Waals surface area contributed by atoms with E-state index in [2.05, 4.69) is 24.4 Å². The lowest BCUT2D eigenvalue weighted by Gasteiger charge is -2.23. The number of carbonyl (C=O) groups excluding carboxylic acids is 1. The number of ether oxygens (including phenoxy) is 2. The van der Waals surface area contributed by atoms with Crippen LogP contribution in [0.5, 0.6) is 5.75 Å². The summed E-state index contributed by atoms with van der Waals surface area (Å²) in [5, 5.41) is 12.3. The maximum atomic E-state index is 12.8. The fraction of sp³-hybridized carbons (Fsp3) is 0.500. The van der Waals surface area contributed by atoms with Gasteiger partial charge in [-0.05, 0) is 43.0 Å². The first-order valence-corrected chi connectivity index (χ1v) is 12.7. The number of amides is 2. The van der Waals surface area contributed by atoms with Gasteiger partial charge in [0.05, 0.1) is 6.54 Å². The summed E-state index contributed by atoms with van der Waals surface area (Å²) in [6, 6.07) is 17.4. The van der Waals surface area contributed by atoms with Crippen LogP contribution in [0.25, 0.3) is 0 Å². The fourth-order valence-corrected chi connectivity index (χ4v) is 3.74. The number of nitrogens with one attached hydrogen (secondary N) is 1. The predicted octanol–water partition coefficient (Wildman–Crippen LogP) is 4.93. The van der Waals surface area contributed by atoms with Crippen LogP contribution >= 0.6 is 0 Å². The number of carbonyl (C=O) groups is 2. The number of urea groups is 1. The molecule has 0 aromatic heterocycles. The lowest BCUT2D eigenvalue weighted by molar-refractivity contribution is -0.149. The van der Waals surface area contributed by atoms with E-state index in [1.165, 1.54) is 12.0 Å². The molecule has 35 heavy (non-hydrogen) atoms. The number of aliphatic carboxylic acids is 1. The Balaban J connectivity index is 1.82. The highest BCUT2D eigenvalue weighted by Gasteiger charge is 2.18. The normalized spacial score (nSPS) is 11.6. The Morgan fingerprint density at radius 2 is 1.69 bits per heavy atom. The number of hydrogen-bond acceptors (Lipinski definition) is 4. The quantitative estimate of drug-likeness (QED) is 0.311. The topological polar surface area (TPSA) is 88.1 Å². The molecule has 2 aromatic carbocycles. The van der Waals surface area contributed by atoms with Crippen LogP contribution in [-0.2, 0) is 22.4 Å². The molecule has 2 amide bonds. The van der Waals surface area contributed by atoms with Crippen LogP contribution in [0.2, 0.25) is 0 Å². The average Bonchev–Trinajstić information content (AvgIpc) is 2.86. The zero-order chi connectivity index (χ0) is 25.3. The minimum atomic E-state index is -0.965. The minimum absolute atomic E-state index is 0.0629. The molecule has 0 heterocycles. The zero-order valence-electron chi connectivity index (χ0n) is 21.1. The molecule has 0 saturated carbocycles. The lowest BCUT2D eigenvalue weighted by Crippen LogP contribution is -2.43. The SMILES string of the molecule is CCCCCCN(CCOc1ccc(CC(OCC)C(=O)O)cc1)C(=O)NCCc1ccccc1. The highest BCUT2D eigenvalue weighted by molar-refractivity contribution is 5.74.